The van der Waals surface area contributed by atoms with Gasteiger partial charge in [0.05, 0.1) is 20.3 Å². The lowest BCUT2D eigenvalue weighted by atomic mass is 9.91. The van der Waals surface area contributed by atoms with Crippen LogP contribution in [-0.2, 0) is 9.53 Å². The first kappa shape index (κ1) is 16.0. The highest BCUT2D eigenvalue weighted by Crippen LogP contribution is 2.34. The van der Waals surface area contributed by atoms with Crippen LogP contribution < -0.4 is 5.32 Å². The number of carbonyl (C=O) groups excluding carboxylic acids is 2. The van der Waals surface area contributed by atoms with Crippen molar-refractivity contribution in [1.82, 2.24) is 10.2 Å². The maximum atomic E-state index is 14.3. The maximum Gasteiger partial charge on any atom is 0.407 e. The zero-order chi connectivity index (χ0) is 15.5. The van der Waals surface area contributed by atoms with Gasteiger partial charge >= 0.3 is 6.09 Å². The molecule has 1 saturated carbocycles. The SMILES string of the molecule is COC(=O)NC1(C(=O)N2CCCC(F)(CO)C2)CCCC1. The largest absolute Gasteiger partial charge is 0.453 e. The number of rotatable bonds is 3. The smallest absolute Gasteiger partial charge is 0.407 e. The number of aliphatic hydroxyl groups excluding tert-OH is 1. The Morgan fingerprint density at radius 3 is 2.52 bits per heavy atom. The molecule has 1 aliphatic heterocycles. The number of alkyl halides is 1. The molecule has 6 nitrogen and oxygen atoms in total. The molecule has 1 atom stereocenters. The topological polar surface area (TPSA) is 78.9 Å². The molecule has 0 radical (unpaired) electrons. The van der Waals surface area contributed by atoms with Crippen LogP contribution >= 0.6 is 0 Å². The molecule has 2 aliphatic rings. The van der Waals surface area contributed by atoms with E-state index in [1.165, 1.54) is 12.0 Å². The van der Waals surface area contributed by atoms with Gasteiger partial charge in [-0.25, -0.2) is 9.18 Å². The Bertz CT molecular complexity index is 412. The first-order valence-electron chi connectivity index (χ1n) is 7.40. The summed E-state index contributed by atoms with van der Waals surface area (Å²) in [5.41, 5.74) is -2.72. The molecule has 2 amide bonds. The zero-order valence-electron chi connectivity index (χ0n) is 12.4. The average molecular weight is 302 g/mol. The molecular weight excluding hydrogens is 279 g/mol. The van der Waals surface area contributed by atoms with Crippen LogP contribution in [0.15, 0.2) is 0 Å². The molecule has 1 heterocycles. The number of nitrogens with one attached hydrogen (secondary N) is 1. The van der Waals surface area contributed by atoms with Crippen molar-refractivity contribution in [1.29, 1.82) is 0 Å². The van der Waals surface area contributed by atoms with Crippen LogP contribution in [0, 0.1) is 0 Å². The Morgan fingerprint density at radius 2 is 1.95 bits per heavy atom. The quantitative estimate of drug-likeness (QED) is 0.814. The molecule has 21 heavy (non-hydrogen) atoms. The van der Waals surface area contributed by atoms with Crippen LogP contribution in [0.5, 0.6) is 0 Å². The molecule has 0 aromatic heterocycles. The monoisotopic (exact) mass is 302 g/mol. The summed E-state index contributed by atoms with van der Waals surface area (Å²) < 4.78 is 18.9. The standard InChI is InChI=1S/C14H23FN2O4/c1-21-12(20)16-14(6-2-3-7-14)11(19)17-8-4-5-13(15,9-17)10-18/h18H,2-10H2,1H3,(H,16,20). The van der Waals surface area contributed by atoms with Gasteiger partial charge in [-0.2, -0.15) is 0 Å². The van der Waals surface area contributed by atoms with E-state index in [4.69, 9.17) is 5.11 Å². The predicted octanol–water partition coefficient (Wildman–Crippen LogP) is 0.978. The van der Waals surface area contributed by atoms with Gasteiger partial charge in [0.1, 0.15) is 5.54 Å². The molecule has 0 aromatic carbocycles. The summed E-state index contributed by atoms with van der Waals surface area (Å²) >= 11 is 0. The molecule has 1 unspecified atom stereocenters. The number of aliphatic hydroxyl groups is 1. The van der Waals surface area contributed by atoms with E-state index in [1.807, 2.05) is 0 Å². The van der Waals surface area contributed by atoms with E-state index in [0.717, 1.165) is 12.8 Å². The number of carbonyl (C=O) groups is 2. The average Bonchev–Trinajstić information content (AvgIpc) is 2.96. The Hall–Kier alpha value is -1.37. The summed E-state index contributed by atoms with van der Waals surface area (Å²) in [6.45, 7) is -0.254. The second kappa shape index (κ2) is 6.17. The highest BCUT2D eigenvalue weighted by Gasteiger charge is 2.47. The maximum absolute atomic E-state index is 14.3. The van der Waals surface area contributed by atoms with E-state index in [2.05, 4.69) is 10.1 Å². The minimum atomic E-state index is -1.74. The fourth-order valence-electron chi connectivity index (χ4n) is 3.31. The van der Waals surface area contributed by atoms with E-state index in [0.29, 0.717) is 25.8 Å². The number of hydrogen-bond donors (Lipinski definition) is 2. The second-order valence-corrected chi connectivity index (χ2v) is 6.05. The minimum absolute atomic E-state index is 0.118. The summed E-state index contributed by atoms with van der Waals surface area (Å²) in [5.74, 6) is -0.263. The molecule has 7 heteroatoms. The first-order valence-corrected chi connectivity index (χ1v) is 7.40. The van der Waals surface area contributed by atoms with Crippen molar-refractivity contribution in [2.24, 2.45) is 0 Å². The van der Waals surface area contributed by atoms with Gasteiger partial charge < -0.3 is 20.1 Å². The Morgan fingerprint density at radius 1 is 1.29 bits per heavy atom. The third-order valence-corrected chi connectivity index (χ3v) is 4.49. The van der Waals surface area contributed by atoms with Crippen LogP contribution in [0.4, 0.5) is 9.18 Å². The van der Waals surface area contributed by atoms with E-state index in [-0.39, 0.29) is 18.9 Å². The lowest BCUT2D eigenvalue weighted by molar-refractivity contribution is -0.143. The van der Waals surface area contributed by atoms with Crippen molar-refractivity contribution in [3.8, 4) is 0 Å². The molecule has 2 rings (SSSR count). The van der Waals surface area contributed by atoms with Gasteiger partial charge in [-0.3, -0.25) is 4.79 Å². The summed E-state index contributed by atoms with van der Waals surface area (Å²) in [4.78, 5) is 25.7. The van der Waals surface area contributed by atoms with Gasteiger partial charge in [-0.1, -0.05) is 12.8 Å². The number of methoxy groups -OCH3 is 1. The molecule has 0 spiro atoms. The van der Waals surface area contributed by atoms with Crippen LogP contribution in [-0.4, -0.2) is 60.0 Å². The number of hydrogen-bond acceptors (Lipinski definition) is 4. The third kappa shape index (κ3) is 3.28. The molecule has 2 fully saturated rings. The minimum Gasteiger partial charge on any atom is -0.453 e. The van der Waals surface area contributed by atoms with E-state index in [1.54, 1.807) is 0 Å². The predicted molar refractivity (Wildman–Crippen MR) is 73.5 cm³/mol. The summed E-state index contributed by atoms with van der Waals surface area (Å²) in [5, 5.41) is 11.8. The van der Waals surface area contributed by atoms with Gasteiger partial charge in [0.2, 0.25) is 5.91 Å². The zero-order valence-corrected chi connectivity index (χ0v) is 12.4. The highest BCUT2D eigenvalue weighted by molar-refractivity contribution is 5.90. The lowest BCUT2D eigenvalue weighted by Crippen LogP contribution is -2.61. The van der Waals surface area contributed by atoms with Crippen molar-refractivity contribution < 1.29 is 23.8 Å². The van der Waals surface area contributed by atoms with Gasteiger partial charge in [0.25, 0.3) is 0 Å². The first-order chi connectivity index (χ1) is 9.95. The highest BCUT2D eigenvalue weighted by atomic mass is 19.1. The number of nitrogens with zero attached hydrogens (tertiary/aromatic N) is 1. The summed E-state index contributed by atoms with van der Waals surface area (Å²) in [6.07, 6.45) is 2.87. The molecule has 120 valence electrons. The van der Waals surface area contributed by atoms with Gasteiger partial charge in [-0.15, -0.1) is 0 Å². The second-order valence-electron chi connectivity index (χ2n) is 6.05. The molecular formula is C14H23FN2O4. The fraction of sp³-hybridized carbons (Fsp3) is 0.857. The molecule has 1 aliphatic carbocycles. The summed E-state index contributed by atoms with van der Waals surface area (Å²) in [6, 6.07) is 0. The third-order valence-electron chi connectivity index (χ3n) is 4.49. The Labute approximate surface area is 123 Å². The van der Waals surface area contributed by atoms with Crippen LogP contribution in [0.1, 0.15) is 38.5 Å². The number of halogens is 1. The number of likely N-dealkylation sites (tertiary alicyclic amines) is 1. The van der Waals surface area contributed by atoms with E-state index in [9.17, 15) is 14.0 Å². The lowest BCUT2D eigenvalue weighted by Gasteiger charge is -2.41. The fourth-order valence-corrected chi connectivity index (χ4v) is 3.31. The number of ether oxygens (including phenoxy) is 1. The van der Waals surface area contributed by atoms with Gasteiger partial charge in [0.15, 0.2) is 5.67 Å². The number of alkyl carbamates (subject to hydrolysis) is 1. The molecule has 0 bridgehead atoms. The van der Waals surface area contributed by atoms with E-state index < -0.39 is 23.9 Å². The summed E-state index contributed by atoms with van der Waals surface area (Å²) in [7, 11) is 1.25. The van der Waals surface area contributed by atoms with Crippen molar-refractivity contribution in [3.63, 3.8) is 0 Å². The molecule has 0 aromatic rings. The van der Waals surface area contributed by atoms with Crippen molar-refractivity contribution in [2.75, 3.05) is 26.8 Å². The van der Waals surface area contributed by atoms with Crippen LogP contribution in [0.2, 0.25) is 0 Å². The molecule has 1 saturated heterocycles. The number of amides is 2. The van der Waals surface area contributed by atoms with Crippen molar-refractivity contribution in [2.45, 2.75) is 49.7 Å². The Balaban J connectivity index is 2.13. The number of piperidine rings is 1. The molecule has 2 N–H and O–H groups in total. The van der Waals surface area contributed by atoms with E-state index >= 15 is 0 Å². The van der Waals surface area contributed by atoms with Crippen LogP contribution in [0.3, 0.4) is 0 Å². The normalized spacial score (nSPS) is 28.2. The van der Waals surface area contributed by atoms with Crippen molar-refractivity contribution >= 4 is 12.0 Å². The Kier molecular flexibility index (Phi) is 4.70. The van der Waals surface area contributed by atoms with Crippen LogP contribution in [0.25, 0.3) is 0 Å². The van der Waals surface area contributed by atoms with Gasteiger partial charge in [0, 0.05) is 6.54 Å². The van der Waals surface area contributed by atoms with Gasteiger partial charge in [-0.05, 0) is 25.7 Å². The van der Waals surface area contributed by atoms with Crippen molar-refractivity contribution in [3.05, 3.63) is 0 Å².